The van der Waals surface area contributed by atoms with Gasteiger partial charge in [0.2, 0.25) is 11.8 Å². The minimum absolute atomic E-state index is 0.0787. The van der Waals surface area contributed by atoms with Crippen molar-refractivity contribution < 1.29 is 19.4 Å². The summed E-state index contributed by atoms with van der Waals surface area (Å²) in [5.74, 6) is -1.24. The van der Waals surface area contributed by atoms with Gasteiger partial charge < -0.3 is 19.6 Å². The Bertz CT molecular complexity index is 987. The molecule has 1 aromatic heterocycles. The van der Waals surface area contributed by atoms with Crippen LogP contribution in [0.5, 0.6) is 0 Å². The third kappa shape index (κ3) is 2.86. The number of H-pyrrole nitrogens is 1. The summed E-state index contributed by atoms with van der Waals surface area (Å²) in [6.07, 6.45) is 5.73. The Labute approximate surface area is 174 Å². The Kier molecular flexibility index (Phi) is 4.48. The average Bonchev–Trinajstić information content (AvgIpc) is 3.51. The van der Waals surface area contributed by atoms with Crippen LogP contribution >= 0.6 is 0 Å². The van der Waals surface area contributed by atoms with Crippen LogP contribution in [0.4, 0.5) is 5.69 Å². The second-order valence-corrected chi connectivity index (χ2v) is 8.24. The summed E-state index contributed by atoms with van der Waals surface area (Å²) in [7, 11) is 1.74. The number of ether oxygens (including phenoxy) is 1. The molecule has 4 heterocycles. The summed E-state index contributed by atoms with van der Waals surface area (Å²) in [4.78, 5) is 30.1. The van der Waals surface area contributed by atoms with Crippen LogP contribution in [0, 0.1) is 11.8 Å². The van der Waals surface area contributed by atoms with Gasteiger partial charge in [0, 0.05) is 25.5 Å². The maximum absolute atomic E-state index is 13.4. The van der Waals surface area contributed by atoms with Crippen molar-refractivity contribution in [3.05, 3.63) is 59.9 Å². The van der Waals surface area contributed by atoms with Crippen LogP contribution in [-0.2, 0) is 27.3 Å². The van der Waals surface area contributed by atoms with E-state index < -0.39 is 17.4 Å². The third-order valence-electron chi connectivity index (χ3n) is 6.38. The van der Waals surface area contributed by atoms with E-state index in [1.54, 1.807) is 23.0 Å². The quantitative estimate of drug-likeness (QED) is 0.692. The molecule has 2 aromatic rings. The number of carbonyl (C=O) groups is 2. The van der Waals surface area contributed by atoms with Gasteiger partial charge in [0.1, 0.15) is 5.60 Å². The van der Waals surface area contributed by atoms with Crippen LogP contribution in [0.3, 0.4) is 0 Å². The first kappa shape index (κ1) is 19.0. The van der Waals surface area contributed by atoms with Crippen LogP contribution in [0.15, 0.2) is 48.7 Å². The van der Waals surface area contributed by atoms with Crippen molar-refractivity contribution in [2.24, 2.45) is 11.8 Å². The molecule has 5 rings (SSSR count). The van der Waals surface area contributed by atoms with Crippen LogP contribution in [0.1, 0.15) is 11.3 Å². The highest BCUT2D eigenvalue weighted by Crippen LogP contribution is 2.53. The van der Waals surface area contributed by atoms with E-state index in [1.165, 1.54) is 0 Å². The van der Waals surface area contributed by atoms with Crippen molar-refractivity contribution in [2.75, 3.05) is 25.1 Å². The lowest BCUT2D eigenvalue weighted by Crippen LogP contribution is -2.44. The van der Waals surface area contributed by atoms with Crippen molar-refractivity contribution in [3.8, 4) is 0 Å². The van der Waals surface area contributed by atoms with Crippen LogP contribution in [0.25, 0.3) is 0 Å². The summed E-state index contributed by atoms with van der Waals surface area (Å²) in [6, 6.07) is 9.43. The lowest BCUT2D eigenvalue weighted by atomic mass is 9.76. The number of anilines is 1. The zero-order valence-corrected chi connectivity index (χ0v) is 16.7. The summed E-state index contributed by atoms with van der Waals surface area (Å²) in [5.41, 5.74) is 1.88. The fraction of sp³-hybridized carbons (Fsp3) is 0.409. The van der Waals surface area contributed by atoms with E-state index in [0.29, 0.717) is 19.5 Å². The fourth-order valence-electron chi connectivity index (χ4n) is 4.93. The second kappa shape index (κ2) is 7.07. The monoisotopic (exact) mass is 408 g/mol. The molecule has 156 valence electrons. The van der Waals surface area contributed by atoms with Gasteiger partial charge in [-0.05, 0) is 30.2 Å². The third-order valence-corrected chi connectivity index (χ3v) is 6.38. The Morgan fingerprint density at radius 1 is 1.37 bits per heavy atom. The summed E-state index contributed by atoms with van der Waals surface area (Å²) < 4.78 is 6.21. The Morgan fingerprint density at radius 3 is 2.87 bits per heavy atom. The number of amides is 2. The summed E-state index contributed by atoms with van der Waals surface area (Å²) >= 11 is 0. The van der Waals surface area contributed by atoms with Gasteiger partial charge in [-0.1, -0.05) is 24.3 Å². The van der Waals surface area contributed by atoms with Crippen molar-refractivity contribution in [3.63, 3.8) is 0 Å². The van der Waals surface area contributed by atoms with E-state index in [2.05, 4.69) is 10.2 Å². The van der Waals surface area contributed by atoms with Gasteiger partial charge in [-0.2, -0.15) is 5.10 Å². The number of nitrogens with zero attached hydrogens (tertiary/aromatic N) is 3. The van der Waals surface area contributed by atoms with Gasteiger partial charge in [-0.3, -0.25) is 14.7 Å². The number of hydrogen-bond acceptors (Lipinski definition) is 5. The SMILES string of the molecule is CN(Cc1ccn[nH]1)C(=O)[C@H]1[C@@H]2C=C[C@@]3(CN(c4ccc(CCO)cc4)C(=O)[C@H]13)O2. The largest absolute Gasteiger partial charge is 0.396 e. The van der Waals surface area contributed by atoms with Gasteiger partial charge in [0.25, 0.3) is 0 Å². The Hall–Kier alpha value is -2.97. The number of fused-ring (bicyclic) bond motifs is 1. The van der Waals surface area contributed by atoms with E-state index in [9.17, 15) is 9.59 Å². The Morgan fingerprint density at radius 2 is 2.17 bits per heavy atom. The predicted molar refractivity (Wildman–Crippen MR) is 108 cm³/mol. The number of rotatable bonds is 6. The molecule has 0 unspecified atom stereocenters. The molecule has 2 amide bonds. The number of aromatic nitrogens is 2. The van der Waals surface area contributed by atoms with Gasteiger partial charge in [0.15, 0.2) is 0 Å². The van der Waals surface area contributed by atoms with Crippen LogP contribution in [-0.4, -0.2) is 63.9 Å². The molecule has 0 saturated carbocycles. The number of aliphatic hydroxyl groups excluding tert-OH is 1. The highest BCUT2D eigenvalue weighted by molar-refractivity contribution is 6.03. The molecule has 2 N–H and O–H groups in total. The molecule has 4 atom stereocenters. The van der Waals surface area contributed by atoms with Crippen molar-refractivity contribution in [1.29, 1.82) is 0 Å². The first-order valence-corrected chi connectivity index (χ1v) is 10.1. The van der Waals surface area contributed by atoms with E-state index in [-0.39, 0.29) is 24.5 Å². The van der Waals surface area contributed by atoms with Crippen molar-refractivity contribution in [2.45, 2.75) is 24.7 Å². The maximum atomic E-state index is 13.4. The molecular formula is C22H24N4O4. The average molecular weight is 408 g/mol. The van der Waals surface area contributed by atoms with E-state index in [4.69, 9.17) is 9.84 Å². The van der Waals surface area contributed by atoms with Crippen LogP contribution in [0.2, 0.25) is 0 Å². The fourth-order valence-corrected chi connectivity index (χ4v) is 4.93. The molecule has 3 aliphatic heterocycles. The Balaban J connectivity index is 1.39. The van der Waals surface area contributed by atoms with Crippen LogP contribution < -0.4 is 4.90 Å². The van der Waals surface area contributed by atoms with Gasteiger partial charge in [-0.25, -0.2) is 0 Å². The number of benzene rings is 1. The molecule has 0 radical (unpaired) electrons. The maximum Gasteiger partial charge on any atom is 0.234 e. The number of carbonyl (C=O) groups excluding carboxylic acids is 2. The molecule has 1 spiro atoms. The first-order valence-electron chi connectivity index (χ1n) is 10.1. The number of aliphatic hydroxyl groups is 1. The predicted octanol–water partition coefficient (Wildman–Crippen LogP) is 0.889. The molecule has 0 aliphatic carbocycles. The summed E-state index contributed by atoms with van der Waals surface area (Å²) in [6.45, 7) is 0.885. The molecule has 8 heteroatoms. The number of hydrogen-bond donors (Lipinski definition) is 2. The van der Waals surface area contributed by atoms with E-state index >= 15 is 0 Å². The van der Waals surface area contributed by atoms with E-state index in [0.717, 1.165) is 16.9 Å². The molecule has 30 heavy (non-hydrogen) atoms. The first-order chi connectivity index (χ1) is 14.5. The minimum Gasteiger partial charge on any atom is -0.396 e. The second-order valence-electron chi connectivity index (χ2n) is 8.24. The zero-order chi connectivity index (χ0) is 20.9. The van der Waals surface area contributed by atoms with Crippen molar-refractivity contribution >= 4 is 17.5 Å². The molecular weight excluding hydrogens is 384 g/mol. The topological polar surface area (TPSA) is 98.8 Å². The highest BCUT2D eigenvalue weighted by Gasteiger charge is 2.67. The lowest BCUT2D eigenvalue weighted by molar-refractivity contribution is -0.139. The van der Waals surface area contributed by atoms with Gasteiger partial charge in [-0.15, -0.1) is 0 Å². The summed E-state index contributed by atoms with van der Waals surface area (Å²) in [5, 5.41) is 15.9. The van der Waals surface area contributed by atoms with E-state index in [1.807, 2.05) is 42.5 Å². The molecule has 2 saturated heterocycles. The molecule has 3 aliphatic rings. The number of nitrogens with one attached hydrogen (secondary N) is 1. The normalized spacial score (nSPS) is 28.9. The van der Waals surface area contributed by atoms with Gasteiger partial charge in [0.05, 0.1) is 36.7 Å². The molecule has 2 fully saturated rings. The highest BCUT2D eigenvalue weighted by atomic mass is 16.5. The minimum atomic E-state index is -0.749. The molecule has 2 bridgehead atoms. The van der Waals surface area contributed by atoms with Gasteiger partial charge >= 0.3 is 0 Å². The van der Waals surface area contributed by atoms with Crippen molar-refractivity contribution in [1.82, 2.24) is 15.1 Å². The smallest absolute Gasteiger partial charge is 0.234 e. The lowest BCUT2D eigenvalue weighted by Gasteiger charge is -2.27. The number of aromatic amines is 1. The standard InChI is InChI=1S/C22H24N4O4/c1-25(12-15-7-10-23-24-15)20(28)18-17-6-9-22(30-17)13-26(21(29)19(18)22)16-4-2-14(3-5-16)8-11-27/h2-7,9-10,17-19,27H,8,11-13H2,1H3,(H,23,24)/t17-,18-,19-,22-/m0/s1. The molecule has 8 nitrogen and oxygen atoms in total. The zero-order valence-electron chi connectivity index (χ0n) is 16.7. The molecule has 1 aromatic carbocycles.